The van der Waals surface area contributed by atoms with Gasteiger partial charge in [0.1, 0.15) is 29.3 Å². The summed E-state index contributed by atoms with van der Waals surface area (Å²) in [6, 6.07) is 13.4. The molecule has 2 aromatic rings. The van der Waals surface area contributed by atoms with Gasteiger partial charge in [0.25, 0.3) is 0 Å². The lowest BCUT2D eigenvalue weighted by Gasteiger charge is -2.35. The first-order valence-electron chi connectivity index (χ1n) is 15.0. The number of carbonyl (C=O) groups is 4. The van der Waals surface area contributed by atoms with Crippen LogP contribution < -0.4 is 10.6 Å². The third kappa shape index (κ3) is 11.5. The topological polar surface area (TPSA) is 114 Å². The van der Waals surface area contributed by atoms with Crippen LogP contribution in [-0.4, -0.2) is 58.6 Å². The Morgan fingerprint density at radius 2 is 1.43 bits per heavy atom. The predicted octanol–water partition coefficient (Wildman–Crippen LogP) is 5.67. The molecule has 3 atom stereocenters. The van der Waals surface area contributed by atoms with Gasteiger partial charge in [0, 0.05) is 13.0 Å². The van der Waals surface area contributed by atoms with Crippen LogP contribution in [-0.2, 0) is 30.3 Å². The molecule has 2 N–H and O–H groups in total. The van der Waals surface area contributed by atoms with Crippen molar-refractivity contribution in [3.63, 3.8) is 0 Å². The lowest BCUT2D eigenvalue weighted by atomic mass is 9.97. The van der Waals surface area contributed by atoms with Crippen LogP contribution >= 0.6 is 0 Å². The van der Waals surface area contributed by atoms with Crippen molar-refractivity contribution < 1.29 is 28.7 Å². The fourth-order valence-electron chi connectivity index (χ4n) is 4.48. The first-order chi connectivity index (χ1) is 20.4. The Labute approximate surface area is 262 Å². The van der Waals surface area contributed by atoms with Crippen molar-refractivity contribution >= 4 is 23.9 Å². The second-order valence-corrected chi connectivity index (χ2v) is 13.2. The van der Waals surface area contributed by atoms with Gasteiger partial charge in [0.15, 0.2) is 0 Å². The van der Waals surface area contributed by atoms with Crippen LogP contribution in [0.25, 0.3) is 0 Å². The average molecular weight is 608 g/mol. The Morgan fingerprint density at radius 3 is 1.93 bits per heavy atom. The lowest BCUT2D eigenvalue weighted by molar-refractivity contribution is -0.159. The molecule has 0 radical (unpaired) electrons. The van der Waals surface area contributed by atoms with E-state index in [0.717, 1.165) is 11.1 Å². The van der Waals surface area contributed by atoms with E-state index < -0.39 is 53.2 Å². The Balaban J connectivity index is 2.56. The lowest BCUT2D eigenvalue weighted by Crippen LogP contribution is -2.56. The Morgan fingerprint density at radius 1 is 0.864 bits per heavy atom. The Hall–Kier alpha value is -4.14. The minimum absolute atomic E-state index is 0.000194. The number of ether oxygens (including phenoxy) is 2. The second-order valence-electron chi connectivity index (χ2n) is 13.2. The summed E-state index contributed by atoms with van der Waals surface area (Å²) in [5.74, 6) is -2.00. The number of esters is 1. The molecule has 0 saturated carbocycles. The van der Waals surface area contributed by atoms with Crippen LogP contribution in [0, 0.1) is 12.8 Å². The number of nitrogens with zero attached hydrogens (tertiary/aromatic N) is 1. The first kappa shape index (κ1) is 36.1. The van der Waals surface area contributed by atoms with E-state index in [1.54, 1.807) is 67.5 Å². The summed E-state index contributed by atoms with van der Waals surface area (Å²) < 4.78 is 11.1. The van der Waals surface area contributed by atoms with E-state index in [9.17, 15) is 19.2 Å². The van der Waals surface area contributed by atoms with Gasteiger partial charge in [-0.05, 0) is 65.5 Å². The molecule has 3 amide bonds. The van der Waals surface area contributed by atoms with E-state index in [2.05, 4.69) is 17.2 Å². The number of alkyl carbamates (subject to hydrolysis) is 1. The highest BCUT2D eigenvalue weighted by Crippen LogP contribution is 2.25. The number of nitrogens with one attached hydrogen (secondary N) is 2. The molecule has 0 saturated heterocycles. The van der Waals surface area contributed by atoms with E-state index in [1.807, 2.05) is 49.4 Å². The highest BCUT2D eigenvalue weighted by atomic mass is 16.6. The first-order valence-corrected chi connectivity index (χ1v) is 15.0. The largest absolute Gasteiger partial charge is 0.458 e. The summed E-state index contributed by atoms with van der Waals surface area (Å²) in [6.45, 7) is 19.8. The number of hydrogen-bond donors (Lipinski definition) is 2. The molecule has 0 aromatic heterocycles. The van der Waals surface area contributed by atoms with Gasteiger partial charge < -0.3 is 25.0 Å². The van der Waals surface area contributed by atoms with Gasteiger partial charge in [-0.15, -0.1) is 6.58 Å². The standard InChI is InChI=1S/C35H49N3O6/c1-11-21-38(31(40)28(23(2)3)37-33(42)44-35(8,9)10)29(26-19-17-24(4)18-20-26)30(39)36-27(32(41)43-34(5,6)7)22-25-15-13-12-14-16-25/h11-20,23,27-29H,1,21-22H2,2-10H3,(H,36,39)(H,37,42). The highest BCUT2D eigenvalue weighted by molar-refractivity contribution is 5.94. The molecule has 3 unspecified atom stereocenters. The third-order valence-corrected chi connectivity index (χ3v) is 6.46. The number of rotatable bonds is 12. The molecular formula is C35H49N3O6. The molecule has 9 nitrogen and oxygen atoms in total. The summed E-state index contributed by atoms with van der Waals surface area (Å²) >= 11 is 0. The van der Waals surface area contributed by atoms with Gasteiger partial charge in [-0.3, -0.25) is 9.59 Å². The molecule has 2 aromatic carbocycles. The van der Waals surface area contributed by atoms with Gasteiger partial charge >= 0.3 is 12.1 Å². The van der Waals surface area contributed by atoms with Crippen LogP contribution in [0.4, 0.5) is 4.79 Å². The summed E-state index contributed by atoms with van der Waals surface area (Å²) in [7, 11) is 0. The molecule has 0 heterocycles. The smallest absolute Gasteiger partial charge is 0.408 e. The number of carbonyl (C=O) groups excluding carboxylic acids is 4. The summed E-state index contributed by atoms with van der Waals surface area (Å²) in [5, 5.41) is 5.57. The van der Waals surface area contributed by atoms with Crippen LogP contribution in [0.1, 0.15) is 78.1 Å². The molecule has 9 heteroatoms. The number of hydrogen-bond acceptors (Lipinski definition) is 6. The van der Waals surface area contributed by atoms with Crippen LogP contribution in [0.15, 0.2) is 67.3 Å². The molecule has 0 aliphatic heterocycles. The predicted molar refractivity (Wildman–Crippen MR) is 172 cm³/mol. The number of amides is 3. The van der Waals surface area contributed by atoms with Crippen molar-refractivity contribution in [3.8, 4) is 0 Å². The zero-order valence-corrected chi connectivity index (χ0v) is 27.6. The molecule has 44 heavy (non-hydrogen) atoms. The van der Waals surface area contributed by atoms with Crippen LogP contribution in [0.3, 0.4) is 0 Å². The van der Waals surface area contributed by atoms with E-state index in [1.165, 1.54) is 11.0 Å². The molecule has 0 aliphatic rings. The van der Waals surface area contributed by atoms with Gasteiger partial charge in [-0.25, -0.2) is 9.59 Å². The zero-order valence-electron chi connectivity index (χ0n) is 27.6. The van der Waals surface area contributed by atoms with Crippen molar-refractivity contribution in [2.45, 2.75) is 98.1 Å². The number of aryl methyl sites for hydroxylation is 1. The maximum atomic E-state index is 14.3. The monoisotopic (exact) mass is 607 g/mol. The van der Waals surface area contributed by atoms with E-state index in [4.69, 9.17) is 9.47 Å². The zero-order chi connectivity index (χ0) is 33.2. The van der Waals surface area contributed by atoms with Crippen molar-refractivity contribution in [2.75, 3.05) is 6.54 Å². The van der Waals surface area contributed by atoms with E-state index in [0.29, 0.717) is 5.56 Å². The third-order valence-electron chi connectivity index (χ3n) is 6.46. The molecular weight excluding hydrogens is 558 g/mol. The highest BCUT2D eigenvalue weighted by Gasteiger charge is 2.38. The van der Waals surface area contributed by atoms with Gasteiger partial charge in [-0.2, -0.15) is 0 Å². The minimum atomic E-state index is -1.15. The van der Waals surface area contributed by atoms with Crippen molar-refractivity contribution in [3.05, 3.63) is 83.9 Å². The quantitative estimate of drug-likeness (QED) is 0.238. The summed E-state index contributed by atoms with van der Waals surface area (Å²) in [6.07, 6.45) is 0.964. The fourth-order valence-corrected chi connectivity index (χ4v) is 4.48. The molecule has 0 fully saturated rings. The molecule has 2 rings (SSSR count). The van der Waals surface area contributed by atoms with E-state index >= 15 is 0 Å². The van der Waals surface area contributed by atoms with Crippen molar-refractivity contribution in [1.82, 2.24) is 15.5 Å². The maximum absolute atomic E-state index is 14.3. The maximum Gasteiger partial charge on any atom is 0.408 e. The number of benzene rings is 2. The normalized spacial score (nSPS) is 13.7. The summed E-state index contributed by atoms with van der Waals surface area (Å²) in [4.78, 5) is 55.9. The van der Waals surface area contributed by atoms with Gasteiger partial charge in [0.05, 0.1) is 0 Å². The SMILES string of the molecule is C=CCN(C(=O)C(NC(=O)OC(C)(C)C)C(C)C)C(C(=O)NC(Cc1ccccc1)C(=O)OC(C)(C)C)c1ccc(C)cc1. The van der Waals surface area contributed by atoms with Crippen molar-refractivity contribution in [2.24, 2.45) is 5.92 Å². The summed E-state index contributed by atoms with van der Waals surface area (Å²) in [5.41, 5.74) is 0.781. The average Bonchev–Trinajstić information content (AvgIpc) is 2.90. The second kappa shape index (κ2) is 15.5. The molecule has 0 bridgehead atoms. The fraction of sp³-hybridized carbons (Fsp3) is 0.486. The van der Waals surface area contributed by atoms with Gasteiger partial charge in [-0.1, -0.05) is 80.1 Å². The minimum Gasteiger partial charge on any atom is -0.458 e. The van der Waals surface area contributed by atoms with Gasteiger partial charge in [0.2, 0.25) is 11.8 Å². The Bertz CT molecular complexity index is 1280. The molecule has 0 spiro atoms. The Kier molecular flexibility index (Phi) is 12.7. The van der Waals surface area contributed by atoms with Crippen LogP contribution in [0.5, 0.6) is 0 Å². The van der Waals surface area contributed by atoms with E-state index in [-0.39, 0.29) is 18.9 Å². The van der Waals surface area contributed by atoms with Crippen molar-refractivity contribution in [1.29, 1.82) is 0 Å². The van der Waals surface area contributed by atoms with Crippen LogP contribution in [0.2, 0.25) is 0 Å². The molecule has 0 aliphatic carbocycles. The molecule has 240 valence electrons.